The summed E-state index contributed by atoms with van der Waals surface area (Å²) in [6, 6.07) is 23.5. The highest BCUT2D eigenvalue weighted by molar-refractivity contribution is 8.18. The van der Waals surface area contributed by atoms with Gasteiger partial charge in [-0.3, -0.25) is 9.69 Å². The number of benzene rings is 3. The molecule has 0 radical (unpaired) electrons. The lowest BCUT2D eigenvalue weighted by atomic mass is 10.0. The van der Waals surface area contributed by atoms with E-state index in [-0.39, 0.29) is 5.91 Å². The summed E-state index contributed by atoms with van der Waals surface area (Å²) in [4.78, 5) is 19.5. The number of carbonyl (C=O) groups excluding carboxylic acids is 1. The lowest BCUT2D eigenvalue weighted by Gasteiger charge is -2.07. The minimum absolute atomic E-state index is 0.0588. The largest absolute Gasteiger partial charge is 0.497 e. The third-order valence-corrected chi connectivity index (χ3v) is 6.28. The fourth-order valence-electron chi connectivity index (χ4n) is 3.13. The first-order valence-electron chi connectivity index (χ1n) is 11.1. The molecule has 0 aromatic heterocycles. The average molecular weight is 491 g/mol. The Bertz CT molecular complexity index is 1170. The Morgan fingerprint density at radius 3 is 1.80 bits per heavy atom. The monoisotopic (exact) mass is 490 g/mol. The molecule has 1 fully saturated rings. The van der Waals surface area contributed by atoms with Crippen molar-refractivity contribution in [3.8, 4) is 22.6 Å². The summed E-state index contributed by atoms with van der Waals surface area (Å²) in [7, 11) is 6.70. The molecule has 0 saturated carbocycles. The molecule has 0 aliphatic carbocycles. The highest BCUT2D eigenvalue weighted by atomic mass is 32.2. The number of rotatable bonds is 6. The first-order valence-corrected chi connectivity index (χ1v) is 11.9. The molecule has 0 spiro atoms. The second-order valence-corrected chi connectivity index (χ2v) is 8.50. The van der Waals surface area contributed by atoms with E-state index in [2.05, 4.69) is 9.73 Å². The van der Waals surface area contributed by atoms with Crippen LogP contribution in [0.3, 0.4) is 0 Å². The molecule has 0 bridgehead atoms. The SMILES string of the molecule is CCOC.COc1ccc(N=C2S/C(=C\c3ccc(-c4ccc(OC)cc4)cc3)C(=O)N2C)cc1. The number of hydrogen-bond acceptors (Lipinski definition) is 6. The zero-order valence-electron chi connectivity index (χ0n) is 20.6. The minimum atomic E-state index is -0.0588. The van der Waals surface area contributed by atoms with Crippen molar-refractivity contribution in [3.63, 3.8) is 0 Å². The maximum absolute atomic E-state index is 12.7. The number of aliphatic imine (C=N–C) groups is 1. The van der Waals surface area contributed by atoms with Gasteiger partial charge in [0.15, 0.2) is 5.17 Å². The van der Waals surface area contributed by atoms with E-state index in [9.17, 15) is 4.79 Å². The Kier molecular flexibility index (Phi) is 9.52. The van der Waals surface area contributed by atoms with Crippen molar-refractivity contribution in [2.75, 3.05) is 35.0 Å². The van der Waals surface area contributed by atoms with Crippen LogP contribution >= 0.6 is 11.8 Å². The molecule has 6 nitrogen and oxygen atoms in total. The van der Waals surface area contributed by atoms with Crippen LogP contribution in [0.1, 0.15) is 12.5 Å². The molecule has 1 amide bonds. The molecular formula is C28H30N2O4S. The lowest BCUT2D eigenvalue weighted by Crippen LogP contribution is -2.23. The van der Waals surface area contributed by atoms with Gasteiger partial charge in [0, 0.05) is 20.8 Å². The third kappa shape index (κ3) is 6.97. The fraction of sp³-hybridized carbons (Fsp3) is 0.214. The Labute approximate surface area is 211 Å². The van der Waals surface area contributed by atoms with Crippen molar-refractivity contribution in [2.45, 2.75) is 6.92 Å². The highest BCUT2D eigenvalue weighted by Gasteiger charge is 2.30. The van der Waals surface area contributed by atoms with Gasteiger partial charge in [0.05, 0.1) is 24.8 Å². The zero-order valence-corrected chi connectivity index (χ0v) is 21.5. The number of amides is 1. The topological polar surface area (TPSA) is 60.4 Å². The van der Waals surface area contributed by atoms with E-state index >= 15 is 0 Å². The molecule has 7 heteroatoms. The quantitative estimate of drug-likeness (QED) is 0.382. The molecule has 3 aromatic carbocycles. The zero-order chi connectivity index (χ0) is 25.2. The summed E-state index contributed by atoms with van der Waals surface area (Å²) < 4.78 is 14.9. The smallest absolute Gasteiger partial charge is 0.266 e. The lowest BCUT2D eigenvalue weighted by molar-refractivity contribution is -0.121. The fourth-order valence-corrected chi connectivity index (χ4v) is 4.11. The van der Waals surface area contributed by atoms with Gasteiger partial charge >= 0.3 is 0 Å². The van der Waals surface area contributed by atoms with Gasteiger partial charge in [0.1, 0.15) is 11.5 Å². The summed E-state index contributed by atoms with van der Waals surface area (Å²) in [5.74, 6) is 1.54. The van der Waals surface area contributed by atoms with Crippen LogP contribution in [0.15, 0.2) is 82.7 Å². The molecule has 1 heterocycles. The first kappa shape index (κ1) is 26.1. The summed E-state index contributed by atoms with van der Waals surface area (Å²) >= 11 is 1.37. The van der Waals surface area contributed by atoms with Crippen molar-refractivity contribution in [2.24, 2.45) is 4.99 Å². The van der Waals surface area contributed by atoms with Gasteiger partial charge in [-0.1, -0.05) is 36.4 Å². The van der Waals surface area contributed by atoms with E-state index < -0.39 is 0 Å². The standard InChI is InChI=1S/C25H22N2O3S.C3H8O/c1-27-24(28)23(31-25(27)26-20-10-14-22(30-3)15-11-20)16-17-4-6-18(7-5-17)19-8-12-21(29-2)13-9-19;1-3-4-2/h4-16H,1-3H3;3H2,1-2H3/b23-16-,26-25?;. The van der Waals surface area contributed by atoms with Crippen molar-refractivity contribution < 1.29 is 19.0 Å². The Morgan fingerprint density at radius 2 is 1.31 bits per heavy atom. The van der Waals surface area contributed by atoms with Crippen molar-refractivity contribution in [1.82, 2.24) is 4.90 Å². The number of carbonyl (C=O) groups is 1. The molecular weight excluding hydrogens is 460 g/mol. The minimum Gasteiger partial charge on any atom is -0.497 e. The van der Waals surface area contributed by atoms with E-state index in [0.29, 0.717) is 10.1 Å². The van der Waals surface area contributed by atoms with Crippen LogP contribution in [0.5, 0.6) is 11.5 Å². The van der Waals surface area contributed by atoms with E-state index in [1.165, 1.54) is 11.8 Å². The number of ether oxygens (including phenoxy) is 3. The molecule has 1 aliphatic heterocycles. The third-order valence-electron chi connectivity index (χ3n) is 5.22. The number of hydrogen-bond donors (Lipinski definition) is 0. The van der Waals surface area contributed by atoms with Crippen LogP contribution in [0.4, 0.5) is 5.69 Å². The van der Waals surface area contributed by atoms with Crippen LogP contribution < -0.4 is 9.47 Å². The predicted molar refractivity (Wildman–Crippen MR) is 144 cm³/mol. The highest BCUT2D eigenvalue weighted by Crippen LogP contribution is 2.33. The van der Waals surface area contributed by atoms with E-state index in [1.54, 1.807) is 33.3 Å². The number of amidine groups is 1. The summed E-state index contributed by atoms with van der Waals surface area (Å²) in [5.41, 5.74) is 3.95. The summed E-state index contributed by atoms with van der Waals surface area (Å²) in [6.45, 7) is 2.78. The van der Waals surface area contributed by atoms with Crippen LogP contribution in [0.25, 0.3) is 17.2 Å². The molecule has 182 valence electrons. The number of thioether (sulfide) groups is 1. The van der Waals surface area contributed by atoms with Gasteiger partial charge in [-0.25, -0.2) is 4.99 Å². The maximum Gasteiger partial charge on any atom is 0.266 e. The second-order valence-electron chi connectivity index (χ2n) is 7.50. The summed E-state index contributed by atoms with van der Waals surface area (Å²) in [6.07, 6.45) is 1.90. The normalized spacial score (nSPS) is 15.2. The van der Waals surface area contributed by atoms with E-state index in [1.807, 2.05) is 85.8 Å². The summed E-state index contributed by atoms with van der Waals surface area (Å²) in [5, 5.41) is 0.649. The second kappa shape index (κ2) is 12.8. The molecule has 3 aromatic rings. The Hall–Kier alpha value is -3.55. The Morgan fingerprint density at radius 1 is 0.829 bits per heavy atom. The molecule has 35 heavy (non-hydrogen) atoms. The van der Waals surface area contributed by atoms with Crippen LogP contribution in [-0.4, -0.2) is 51.0 Å². The number of nitrogens with zero attached hydrogens (tertiary/aromatic N) is 2. The first-order chi connectivity index (χ1) is 17.0. The molecule has 0 atom stereocenters. The Balaban J connectivity index is 0.000000795. The molecule has 1 saturated heterocycles. The van der Waals surface area contributed by atoms with Gasteiger partial charge < -0.3 is 14.2 Å². The van der Waals surface area contributed by atoms with Crippen LogP contribution in [0.2, 0.25) is 0 Å². The van der Waals surface area contributed by atoms with Gasteiger partial charge in [0.25, 0.3) is 5.91 Å². The molecule has 1 aliphatic rings. The van der Waals surface area contributed by atoms with Gasteiger partial charge in [-0.2, -0.15) is 0 Å². The number of methoxy groups -OCH3 is 3. The van der Waals surface area contributed by atoms with Crippen LogP contribution in [-0.2, 0) is 9.53 Å². The molecule has 4 rings (SSSR count). The number of likely N-dealkylation sites (N-methyl/N-ethyl adjacent to an activating group) is 1. The average Bonchev–Trinajstić information content (AvgIpc) is 3.17. The van der Waals surface area contributed by atoms with Crippen molar-refractivity contribution in [1.29, 1.82) is 0 Å². The predicted octanol–water partition coefficient (Wildman–Crippen LogP) is 6.26. The van der Waals surface area contributed by atoms with E-state index in [4.69, 9.17) is 9.47 Å². The van der Waals surface area contributed by atoms with Gasteiger partial charge in [-0.15, -0.1) is 0 Å². The molecule has 0 N–H and O–H groups in total. The maximum atomic E-state index is 12.7. The molecule has 0 unspecified atom stereocenters. The van der Waals surface area contributed by atoms with Crippen LogP contribution in [0, 0.1) is 0 Å². The van der Waals surface area contributed by atoms with Crippen molar-refractivity contribution >= 4 is 34.6 Å². The van der Waals surface area contributed by atoms with Gasteiger partial charge in [-0.05, 0) is 77.9 Å². The van der Waals surface area contributed by atoms with E-state index in [0.717, 1.165) is 40.5 Å². The van der Waals surface area contributed by atoms with Crippen molar-refractivity contribution in [3.05, 3.63) is 83.3 Å². The van der Waals surface area contributed by atoms with Gasteiger partial charge in [0.2, 0.25) is 0 Å².